The van der Waals surface area contributed by atoms with Crippen molar-refractivity contribution in [1.82, 2.24) is 24.4 Å². The quantitative estimate of drug-likeness (QED) is 0.237. The third-order valence-electron chi connectivity index (χ3n) is 4.53. The summed E-state index contributed by atoms with van der Waals surface area (Å²) in [7, 11) is -4.90. The number of sulfonamides is 2. The van der Waals surface area contributed by atoms with Crippen molar-refractivity contribution >= 4 is 43.8 Å². The first kappa shape index (κ1) is 35.1. The van der Waals surface area contributed by atoms with Crippen molar-refractivity contribution in [2.24, 2.45) is 0 Å². The van der Waals surface area contributed by atoms with E-state index >= 15 is 0 Å². The number of halogens is 3. The number of urea groups is 1. The number of alkyl halides is 3. The summed E-state index contributed by atoms with van der Waals surface area (Å²) in [4.78, 5) is 33.7. The van der Waals surface area contributed by atoms with Gasteiger partial charge < -0.3 is 24.7 Å². The van der Waals surface area contributed by atoms with E-state index in [4.69, 9.17) is 15.2 Å². The van der Waals surface area contributed by atoms with Crippen LogP contribution in [0.2, 0.25) is 0 Å². The summed E-state index contributed by atoms with van der Waals surface area (Å²) in [5.41, 5.74) is 5.83. The van der Waals surface area contributed by atoms with Crippen LogP contribution in [-0.4, -0.2) is 78.0 Å². The Bertz CT molecular complexity index is 1650. The minimum atomic E-state index is -4.70. The maximum atomic E-state index is 12.3. The first-order chi connectivity index (χ1) is 20.5. The number of amides is 3. The maximum absolute atomic E-state index is 12.3. The Labute approximate surface area is 248 Å². The average molecular weight is 668 g/mol. The van der Waals surface area contributed by atoms with Crippen molar-refractivity contribution in [2.75, 3.05) is 39.0 Å². The van der Waals surface area contributed by atoms with Crippen molar-refractivity contribution in [3.63, 3.8) is 0 Å². The molecule has 44 heavy (non-hydrogen) atoms. The molecule has 240 valence electrons. The number of carbonyl (C=O) groups excluding carboxylic acids is 2. The third kappa shape index (κ3) is 10.9. The lowest BCUT2D eigenvalue weighted by Gasteiger charge is -2.13. The Hall–Kier alpha value is -5.12. The number of rotatable bonds is 9. The van der Waals surface area contributed by atoms with Gasteiger partial charge in [0.25, 0.3) is 20.0 Å². The highest BCUT2D eigenvalue weighted by Crippen LogP contribution is 2.24. The molecule has 0 atom stereocenters. The number of nitrogens with zero attached hydrogens (tertiary/aromatic N) is 3. The number of nitrogens with two attached hydrogens (primary N) is 1. The number of anilines is 2. The van der Waals surface area contributed by atoms with Crippen LogP contribution < -0.4 is 34.7 Å². The summed E-state index contributed by atoms with van der Waals surface area (Å²) in [5, 5.41) is 1.12. The van der Waals surface area contributed by atoms with Crippen LogP contribution in [0.25, 0.3) is 0 Å². The monoisotopic (exact) mass is 667 g/mol. The molecular formula is C22H24F3N7O10S2. The number of methoxy groups -OCH3 is 3. The second-order valence-corrected chi connectivity index (χ2v) is 11.0. The number of aromatic nitrogens is 3. The number of ether oxygens (including phenoxy) is 4. The Morgan fingerprint density at radius 1 is 0.909 bits per heavy atom. The predicted molar refractivity (Wildman–Crippen MR) is 144 cm³/mol. The molecule has 17 nitrogen and oxygen atoms in total. The lowest BCUT2D eigenvalue weighted by molar-refractivity contribution is -0.153. The predicted octanol–water partition coefficient (Wildman–Crippen LogP) is 1.65. The molecule has 0 aliphatic carbocycles. The first-order valence-corrected chi connectivity index (χ1v) is 14.4. The van der Waals surface area contributed by atoms with Gasteiger partial charge in [0.2, 0.25) is 22.7 Å². The lowest BCUT2D eigenvalue weighted by Crippen LogP contribution is -2.35. The van der Waals surface area contributed by atoms with E-state index in [2.05, 4.69) is 24.4 Å². The van der Waals surface area contributed by atoms with Crippen LogP contribution >= 0.6 is 0 Å². The van der Waals surface area contributed by atoms with Crippen molar-refractivity contribution in [2.45, 2.75) is 16.1 Å². The first-order valence-electron chi connectivity index (χ1n) is 11.4. The minimum Gasteiger partial charge on any atom is -0.481 e. The maximum Gasteiger partial charge on any atom is 0.422 e. The van der Waals surface area contributed by atoms with Gasteiger partial charge in [-0.2, -0.15) is 31.6 Å². The third-order valence-corrected chi connectivity index (χ3v) is 7.12. The smallest absolute Gasteiger partial charge is 0.422 e. The van der Waals surface area contributed by atoms with Crippen LogP contribution in [0.3, 0.4) is 0 Å². The highest BCUT2D eigenvalue weighted by molar-refractivity contribution is 7.90. The molecule has 0 aliphatic rings. The Morgan fingerprint density at radius 2 is 1.50 bits per heavy atom. The van der Waals surface area contributed by atoms with Gasteiger partial charge in [-0.1, -0.05) is 0 Å². The second kappa shape index (κ2) is 14.9. The van der Waals surface area contributed by atoms with Crippen LogP contribution in [0.1, 0.15) is 0 Å². The molecule has 0 radical (unpaired) electrons. The number of benzene rings is 1. The molecule has 3 amide bonds. The average Bonchev–Trinajstić information content (AvgIpc) is 2.95. The van der Waals surface area contributed by atoms with E-state index in [-0.39, 0.29) is 22.6 Å². The fourth-order valence-corrected chi connectivity index (χ4v) is 4.57. The van der Waals surface area contributed by atoms with E-state index in [1.165, 1.54) is 50.6 Å². The van der Waals surface area contributed by atoms with Gasteiger partial charge in [-0.3, -0.25) is 5.32 Å². The highest BCUT2D eigenvalue weighted by Gasteiger charge is 2.31. The molecule has 3 aromatic rings. The highest BCUT2D eigenvalue weighted by atomic mass is 32.2. The van der Waals surface area contributed by atoms with Gasteiger partial charge in [0, 0.05) is 11.9 Å². The summed E-state index contributed by atoms with van der Waals surface area (Å²) in [6.45, 7) is -1.75. The Morgan fingerprint density at radius 3 is 2.02 bits per heavy atom. The van der Waals surface area contributed by atoms with Crippen molar-refractivity contribution in [3.05, 3.63) is 48.7 Å². The molecule has 0 aliphatic heterocycles. The van der Waals surface area contributed by atoms with E-state index in [9.17, 15) is 39.6 Å². The molecule has 5 N–H and O–H groups in total. The van der Waals surface area contributed by atoms with E-state index in [0.717, 1.165) is 19.4 Å². The minimum absolute atomic E-state index is 0.0163. The van der Waals surface area contributed by atoms with Gasteiger partial charge in [-0.25, -0.2) is 32.4 Å². The topological polar surface area (TPSA) is 240 Å². The van der Waals surface area contributed by atoms with Crippen molar-refractivity contribution in [3.8, 4) is 17.5 Å². The summed E-state index contributed by atoms with van der Waals surface area (Å²) < 4.78 is 106. The number of carbonyl (C=O) groups is 2. The molecule has 22 heteroatoms. The largest absolute Gasteiger partial charge is 0.481 e. The normalized spacial score (nSPS) is 11.2. The van der Waals surface area contributed by atoms with Crippen molar-refractivity contribution < 1.29 is 58.5 Å². The zero-order chi connectivity index (χ0) is 33.1. The SMILES string of the molecule is COC(=O)NS(=O)(=O)c1ccc(N)cc1.COc1cc(OC)nc(NC(=O)NS(=O)(=O)c2ncccc2OCC(F)(F)F)n1. The molecule has 0 fully saturated rings. The molecular weight excluding hydrogens is 643 g/mol. The van der Waals surface area contributed by atoms with E-state index in [1.807, 2.05) is 5.32 Å². The van der Waals surface area contributed by atoms with E-state index < -0.39 is 55.7 Å². The fourth-order valence-electron chi connectivity index (χ4n) is 2.67. The van der Waals surface area contributed by atoms with Crippen LogP contribution in [0.5, 0.6) is 17.5 Å². The number of hydrogen-bond acceptors (Lipinski definition) is 14. The molecule has 2 heterocycles. The summed E-state index contributed by atoms with van der Waals surface area (Å²) in [6.07, 6.45) is -4.74. The molecule has 0 bridgehead atoms. The van der Waals surface area contributed by atoms with Crippen molar-refractivity contribution in [1.29, 1.82) is 0 Å². The standard InChI is InChI=1S/C14H14F3N5O6S.C8H10N2O4S/c1-26-9-6-10(27-2)20-12(19-9)21-13(23)22-29(24,25)11-8(4-3-5-18-11)28-7-14(15,16)17;1-14-8(11)10-15(12,13)7-4-2-6(9)3-5-7/h3-6H,7H2,1-2H3,(H2,19,20,21,22,23);2-5H,9H2,1H3,(H,10,11). The van der Waals surface area contributed by atoms with E-state index in [1.54, 1.807) is 9.44 Å². The number of pyridine rings is 1. The zero-order valence-electron chi connectivity index (χ0n) is 22.8. The molecule has 0 unspecified atom stereocenters. The lowest BCUT2D eigenvalue weighted by atomic mass is 10.3. The van der Waals surface area contributed by atoms with Gasteiger partial charge in [0.15, 0.2) is 12.4 Å². The van der Waals surface area contributed by atoms with Crippen LogP contribution in [0, 0.1) is 0 Å². The molecule has 3 rings (SSSR count). The van der Waals surface area contributed by atoms with Gasteiger partial charge in [-0.05, 0) is 36.4 Å². The summed E-state index contributed by atoms with van der Waals surface area (Å²) in [6, 6.07) is 7.55. The van der Waals surface area contributed by atoms with Gasteiger partial charge in [0.05, 0.1) is 32.3 Å². The Balaban J connectivity index is 0.000000378. The van der Waals surface area contributed by atoms with Gasteiger partial charge in [-0.15, -0.1) is 0 Å². The zero-order valence-corrected chi connectivity index (χ0v) is 24.4. The molecule has 2 aromatic heterocycles. The number of nitrogens with one attached hydrogen (secondary N) is 3. The molecule has 1 aromatic carbocycles. The van der Waals surface area contributed by atoms with Crippen LogP contribution in [-0.2, 0) is 24.8 Å². The molecule has 0 spiro atoms. The Kier molecular flexibility index (Phi) is 11.8. The van der Waals surface area contributed by atoms with Gasteiger partial charge >= 0.3 is 18.3 Å². The summed E-state index contributed by atoms with van der Waals surface area (Å²) >= 11 is 0. The van der Waals surface area contributed by atoms with Gasteiger partial charge in [0.1, 0.15) is 0 Å². The van der Waals surface area contributed by atoms with Crippen LogP contribution in [0.15, 0.2) is 58.6 Å². The number of nitrogen functional groups attached to an aromatic ring is 1. The van der Waals surface area contributed by atoms with E-state index in [0.29, 0.717) is 5.69 Å². The summed E-state index contributed by atoms with van der Waals surface area (Å²) in [5.74, 6) is -1.02. The molecule has 0 saturated carbocycles. The molecule has 0 saturated heterocycles. The number of hydrogen-bond donors (Lipinski definition) is 4. The second-order valence-electron chi connectivity index (χ2n) is 7.71. The van der Waals surface area contributed by atoms with Crippen LogP contribution in [0.4, 0.5) is 34.4 Å². The fraction of sp³-hybridized carbons (Fsp3) is 0.227.